The van der Waals surface area contributed by atoms with Crippen molar-refractivity contribution >= 4 is 29.0 Å². The largest absolute Gasteiger partial charge is 0.325 e. The lowest BCUT2D eigenvalue weighted by atomic mass is 9.87. The van der Waals surface area contributed by atoms with Crippen LogP contribution in [0.4, 0.5) is 11.5 Å². The summed E-state index contributed by atoms with van der Waals surface area (Å²) in [5.41, 5.74) is 5.12. The summed E-state index contributed by atoms with van der Waals surface area (Å²) >= 11 is 6.01. The number of hydrogen-bond acceptors (Lipinski definition) is 6. The molecular weight excluding hydrogens is 414 g/mol. The fraction of sp³-hybridized carbons (Fsp3) is 0.261. The number of aromatic nitrogens is 2. The van der Waals surface area contributed by atoms with Crippen molar-refractivity contribution in [2.45, 2.75) is 38.1 Å². The lowest BCUT2D eigenvalue weighted by Crippen LogP contribution is -2.36. The Bertz CT molecular complexity index is 1080. The molecule has 1 fully saturated rings. The number of hydrazine groups is 1. The van der Waals surface area contributed by atoms with E-state index in [-0.39, 0.29) is 11.9 Å². The number of carbonyl (C=O) groups is 1. The second-order valence-corrected chi connectivity index (χ2v) is 8.58. The van der Waals surface area contributed by atoms with Crippen LogP contribution in [0.1, 0.15) is 32.4 Å². The van der Waals surface area contributed by atoms with Crippen LogP contribution in [0.25, 0.3) is 11.1 Å². The molecule has 0 bridgehead atoms. The highest BCUT2D eigenvalue weighted by molar-refractivity contribution is 6.30. The van der Waals surface area contributed by atoms with E-state index in [2.05, 4.69) is 20.7 Å². The molecule has 1 aliphatic carbocycles. The van der Waals surface area contributed by atoms with Crippen molar-refractivity contribution in [2.24, 2.45) is 0 Å². The third-order valence-electron chi connectivity index (χ3n) is 5.26. The standard InChI is InChI=1S/C23H24ClN5O2/c1-23(2,20-4-3-5-21(27-20)28-29(31)19-10-11-19)22(30)26-18-8-6-15(7-9-18)16-12-17(24)14-25-13-16/h3-9,12-14,19,31H,10-11H2,1-2H3,(H,26,30)(H,27,28). The summed E-state index contributed by atoms with van der Waals surface area (Å²) in [6.07, 6.45) is 5.23. The molecule has 2 aromatic heterocycles. The fourth-order valence-corrected chi connectivity index (χ4v) is 3.27. The first-order valence-corrected chi connectivity index (χ1v) is 10.5. The Hall–Kier alpha value is -3.00. The van der Waals surface area contributed by atoms with Crippen molar-refractivity contribution in [2.75, 3.05) is 10.7 Å². The van der Waals surface area contributed by atoms with E-state index in [4.69, 9.17) is 11.6 Å². The van der Waals surface area contributed by atoms with Crippen LogP contribution in [0.3, 0.4) is 0 Å². The van der Waals surface area contributed by atoms with E-state index < -0.39 is 5.41 Å². The van der Waals surface area contributed by atoms with E-state index in [1.54, 1.807) is 24.5 Å². The summed E-state index contributed by atoms with van der Waals surface area (Å²) in [6, 6.07) is 14.8. The summed E-state index contributed by atoms with van der Waals surface area (Å²) in [6.45, 7) is 3.64. The van der Waals surface area contributed by atoms with E-state index in [1.165, 1.54) is 0 Å². The number of hydrogen-bond donors (Lipinski definition) is 3. The Kier molecular flexibility index (Phi) is 5.91. The Morgan fingerprint density at radius 1 is 1.13 bits per heavy atom. The first-order chi connectivity index (χ1) is 14.8. The smallest absolute Gasteiger partial charge is 0.236 e. The zero-order valence-corrected chi connectivity index (χ0v) is 18.1. The Morgan fingerprint density at radius 2 is 1.87 bits per heavy atom. The number of halogens is 1. The molecule has 1 aliphatic rings. The van der Waals surface area contributed by atoms with Gasteiger partial charge in [0.25, 0.3) is 0 Å². The van der Waals surface area contributed by atoms with Crippen LogP contribution in [0.5, 0.6) is 0 Å². The SMILES string of the molecule is CC(C)(C(=O)Nc1ccc(-c2cncc(Cl)c2)cc1)c1cccc(NN(O)C2CC2)n1. The van der Waals surface area contributed by atoms with Crippen molar-refractivity contribution in [3.8, 4) is 11.1 Å². The number of nitrogens with one attached hydrogen (secondary N) is 2. The predicted octanol–water partition coefficient (Wildman–Crippen LogP) is 4.89. The van der Waals surface area contributed by atoms with Gasteiger partial charge in [-0.25, -0.2) is 4.98 Å². The van der Waals surface area contributed by atoms with E-state index in [0.717, 1.165) is 29.1 Å². The lowest BCUT2D eigenvalue weighted by Gasteiger charge is -2.24. The van der Waals surface area contributed by atoms with Gasteiger partial charge in [-0.05, 0) is 62.6 Å². The summed E-state index contributed by atoms with van der Waals surface area (Å²) in [5.74, 6) is 0.310. The number of benzene rings is 1. The highest BCUT2D eigenvalue weighted by atomic mass is 35.5. The molecule has 0 aliphatic heterocycles. The van der Waals surface area contributed by atoms with Crippen LogP contribution in [0.15, 0.2) is 60.9 Å². The molecule has 3 N–H and O–H groups in total. The second kappa shape index (κ2) is 8.63. The minimum atomic E-state index is -0.882. The van der Waals surface area contributed by atoms with Crippen molar-refractivity contribution in [1.29, 1.82) is 0 Å². The Morgan fingerprint density at radius 3 is 2.55 bits per heavy atom. The van der Waals surface area contributed by atoms with E-state index in [9.17, 15) is 10.0 Å². The lowest BCUT2D eigenvalue weighted by molar-refractivity contribution is -0.120. The molecule has 160 valence electrons. The third kappa shape index (κ3) is 5.02. The van der Waals surface area contributed by atoms with Gasteiger partial charge in [-0.1, -0.05) is 29.8 Å². The van der Waals surface area contributed by atoms with Crippen molar-refractivity contribution in [1.82, 2.24) is 15.1 Å². The third-order valence-corrected chi connectivity index (χ3v) is 5.47. The average molecular weight is 438 g/mol. The van der Waals surface area contributed by atoms with Crippen molar-refractivity contribution in [3.05, 3.63) is 71.6 Å². The van der Waals surface area contributed by atoms with Gasteiger partial charge in [-0.3, -0.25) is 20.4 Å². The van der Waals surface area contributed by atoms with Gasteiger partial charge in [0.05, 0.1) is 22.2 Å². The minimum Gasteiger partial charge on any atom is -0.325 e. The van der Waals surface area contributed by atoms with E-state index in [1.807, 2.05) is 50.2 Å². The zero-order valence-electron chi connectivity index (χ0n) is 17.3. The fourth-order valence-electron chi connectivity index (χ4n) is 3.09. The maximum absolute atomic E-state index is 13.0. The predicted molar refractivity (Wildman–Crippen MR) is 121 cm³/mol. The highest BCUT2D eigenvalue weighted by Crippen LogP contribution is 2.28. The first kappa shape index (κ1) is 21.2. The van der Waals surface area contributed by atoms with E-state index >= 15 is 0 Å². The Balaban J connectivity index is 1.46. The summed E-state index contributed by atoms with van der Waals surface area (Å²) in [5, 5.41) is 14.6. The molecule has 31 heavy (non-hydrogen) atoms. The first-order valence-electron chi connectivity index (χ1n) is 10.1. The normalized spacial score (nSPS) is 13.8. The maximum atomic E-state index is 13.0. The molecule has 3 aromatic rings. The summed E-state index contributed by atoms with van der Waals surface area (Å²) < 4.78 is 0. The molecule has 1 aromatic carbocycles. The van der Waals surface area contributed by atoms with Crippen LogP contribution in [0, 0.1) is 0 Å². The van der Waals surface area contributed by atoms with Gasteiger partial charge in [0, 0.05) is 23.6 Å². The molecule has 0 saturated heterocycles. The van der Waals surface area contributed by atoms with Gasteiger partial charge < -0.3 is 5.32 Å². The van der Waals surface area contributed by atoms with Crippen LogP contribution in [-0.2, 0) is 10.2 Å². The summed E-state index contributed by atoms with van der Waals surface area (Å²) in [4.78, 5) is 21.7. The van der Waals surface area contributed by atoms with Gasteiger partial charge in [-0.15, -0.1) is 5.17 Å². The number of amides is 1. The van der Waals surface area contributed by atoms with Gasteiger partial charge >= 0.3 is 0 Å². The maximum Gasteiger partial charge on any atom is 0.236 e. The molecule has 8 heteroatoms. The Labute approximate surface area is 186 Å². The molecular formula is C23H24ClN5O2. The molecule has 1 amide bonds. The molecule has 0 unspecified atom stereocenters. The van der Waals surface area contributed by atoms with Gasteiger partial charge in [-0.2, -0.15) is 0 Å². The quantitative estimate of drug-likeness (QED) is 0.456. The number of carbonyl (C=O) groups excluding carboxylic acids is 1. The topological polar surface area (TPSA) is 90.4 Å². The van der Waals surface area contributed by atoms with Crippen molar-refractivity contribution in [3.63, 3.8) is 0 Å². The highest BCUT2D eigenvalue weighted by Gasteiger charge is 2.32. The van der Waals surface area contributed by atoms with Gasteiger partial charge in [0.15, 0.2) is 0 Å². The zero-order chi connectivity index (χ0) is 22.0. The van der Waals surface area contributed by atoms with Crippen LogP contribution in [0.2, 0.25) is 5.02 Å². The minimum absolute atomic E-state index is 0.118. The van der Waals surface area contributed by atoms with E-state index in [0.29, 0.717) is 22.2 Å². The molecule has 7 nitrogen and oxygen atoms in total. The molecule has 2 heterocycles. The number of hydroxylamine groups is 1. The number of anilines is 2. The molecule has 0 spiro atoms. The second-order valence-electron chi connectivity index (χ2n) is 8.14. The molecule has 4 rings (SSSR count). The van der Waals surface area contributed by atoms with Crippen LogP contribution < -0.4 is 10.7 Å². The molecule has 0 atom stereocenters. The van der Waals surface area contributed by atoms with Crippen LogP contribution >= 0.6 is 11.6 Å². The monoisotopic (exact) mass is 437 g/mol. The van der Waals surface area contributed by atoms with Gasteiger partial charge in [0.1, 0.15) is 5.82 Å². The number of rotatable bonds is 7. The molecule has 0 radical (unpaired) electrons. The number of nitrogens with zero attached hydrogens (tertiary/aromatic N) is 3. The van der Waals surface area contributed by atoms with Crippen molar-refractivity contribution < 1.29 is 10.0 Å². The van der Waals surface area contributed by atoms with Gasteiger partial charge in [0.2, 0.25) is 5.91 Å². The summed E-state index contributed by atoms with van der Waals surface area (Å²) in [7, 11) is 0. The van der Waals surface area contributed by atoms with Crippen LogP contribution in [-0.4, -0.2) is 32.3 Å². The number of pyridine rings is 2. The average Bonchev–Trinajstić information content (AvgIpc) is 3.60. The molecule has 1 saturated carbocycles.